The third kappa shape index (κ3) is 2.56. The second-order valence-corrected chi connectivity index (χ2v) is 5.24. The number of carbonyl (C=O) groups is 1. The summed E-state index contributed by atoms with van der Waals surface area (Å²) in [5, 5.41) is 3.35. The molecule has 0 bridgehead atoms. The van der Waals surface area contributed by atoms with Crippen molar-refractivity contribution in [3.8, 4) is 0 Å². The molecule has 3 nitrogen and oxygen atoms in total. The summed E-state index contributed by atoms with van der Waals surface area (Å²) >= 11 is 0. The second-order valence-electron chi connectivity index (χ2n) is 5.24. The van der Waals surface area contributed by atoms with Crippen LogP contribution in [0.2, 0.25) is 0 Å². The first-order chi connectivity index (χ1) is 8.61. The number of benzene rings is 1. The summed E-state index contributed by atoms with van der Waals surface area (Å²) in [7, 11) is 1.87. The third-order valence-corrected chi connectivity index (χ3v) is 3.84. The van der Waals surface area contributed by atoms with Gasteiger partial charge in [0.15, 0.2) is 0 Å². The molecule has 1 fully saturated rings. The zero-order valence-corrected chi connectivity index (χ0v) is 11.4. The van der Waals surface area contributed by atoms with Gasteiger partial charge in [-0.05, 0) is 43.9 Å². The maximum Gasteiger partial charge on any atom is 0.244 e. The van der Waals surface area contributed by atoms with Crippen LogP contribution < -0.4 is 10.2 Å². The first-order valence-electron chi connectivity index (χ1n) is 6.68. The van der Waals surface area contributed by atoms with Crippen molar-refractivity contribution in [1.82, 2.24) is 5.32 Å². The van der Waals surface area contributed by atoms with Crippen LogP contribution in [0.4, 0.5) is 5.69 Å². The van der Waals surface area contributed by atoms with Crippen LogP contribution in [0.5, 0.6) is 0 Å². The van der Waals surface area contributed by atoms with E-state index in [0.717, 1.165) is 24.2 Å². The van der Waals surface area contributed by atoms with Crippen LogP contribution in [0.1, 0.15) is 25.3 Å². The second kappa shape index (κ2) is 5.53. The van der Waals surface area contributed by atoms with Gasteiger partial charge in [-0.2, -0.15) is 0 Å². The minimum Gasteiger partial charge on any atom is -0.314 e. The molecule has 1 amide bonds. The summed E-state index contributed by atoms with van der Waals surface area (Å²) in [5.74, 6) is 0.592. The maximum atomic E-state index is 12.5. The largest absolute Gasteiger partial charge is 0.314 e. The van der Waals surface area contributed by atoms with Gasteiger partial charge in [-0.3, -0.25) is 4.79 Å². The predicted octanol–water partition coefficient (Wildman–Crippen LogP) is 2.35. The van der Waals surface area contributed by atoms with Crippen molar-refractivity contribution in [3.05, 3.63) is 29.8 Å². The highest BCUT2D eigenvalue weighted by atomic mass is 16.2. The Morgan fingerprint density at radius 3 is 2.78 bits per heavy atom. The van der Waals surface area contributed by atoms with Gasteiger partial charge in [0.1, 0.15) is 0 Å². The number of likely N-dealkylation sites (N-methyl/N-ethyl adjacent to an activating group) is 1. The van der Waals surface area contributed by atoms with Crippen LogP contribution in [0, 0.1) is 12.8 Å². The first-order valence-corrected chi connectivity index (χ1v) is 6.68. The van der Waals surface area contributed by atoms with Gasteiger partial charge in [0, 0.05) is 12.7 Å². The molecule has 98 valence electrons. The summed E-state index contributed by atoms with van der Waals surface area (Å²) in [5.41, 5.74) is 2.14. The monoisotopic (exact) mass is 246 g/mol. The number of aryl methyl sites for hydroxylation is 1. The molecule has 2 atom stereocenters. The minimum absolute atomic E-state index is 0.0386. The van der Waals surface area contributed by atoms with Gasteiger partial charge >= 0.3 is 0 Å². The summed E-state index contributed by atoms with van der Waals surface area (Å²) < 4.78 is 0. The van der Waals surface area contributed by atoms with E-state index in [1.54, 1.807) is 4.90 Å². The molecule has 2 rings (SSSR count). The van der Waals surface area contributed by atoms with E-state index in [4.69, 9.17) is 0 Å². The lowest BCUT2D eigenvalue weighted by Gasteiger charge is -2.32. The third-order valence-electron chi connectivity index (χ3n) is 3.84. The van der Waals surface area contributed by atoms with E-state index in [-0.39, 0.29) is 11.9 Å². The Kier molecular flexibility index (Phi) is 4.02. The molecule has 0 radical (unpaired) electrons. The molecule has 1 aliphatic heterocycles. The topological polar surface area (TPSA) is 32.3 Å². The van der Waals surface area contributed by atoms with Gasteiger partial charge in [-0.1, -0.05) is 25.1 Å². The Morgan fingerprint density at radius 2 is 2.11 bits per heavy atom. The fourth-order valence-electron chi connectivity index (χ4n) is 2.65. The van der Waals surface area contributed by atoms with Crippen molar-refractivity contribution < 1.29 is 4.79 Å². The molecule has 18 heavy (non-hydrogen) atoms. The summed E-state index contributed by atoms with van der Waals surface area (Å²) in [6.07, 6.45) is 2.30. The number of nitrogens with zero attached hydrogens (tertiary/aromatic N) is 1. The van der Waals surface area contributed by atoms with E-state index in [1.807, 2.05) is 38.2 Å². The zero-order valence-electron chi connectivity index (χ0n) is 11.4. The number of amides is 1. The highest BCUT2D eigenvalue weighted by Crippen LogP contribution is 2.22. The lowest BCUT2D eigenvalue weighted by molar-refractivity contribution is -0.121. The molecule has 3 heteroatoms. The van der Waals surface area contributed by atoms with Gasteiger partial charge in [0.05, 0.1) is 6.04 Å². The first kappa shape index (κ1) is 13.1. The molecule has 2 unspecified atom stereocenters. The van der Waals surface area contributed by atoms with Crippen LogP contribution >= 0.6 is 0 Å². The number of para-hydroxylation sites is 1. The van der Waals surface area contributed by atoms with Crippen LogP contribution in [0.3, 0.4) is 0 Å². The number of piperidine rings is 1. The fourth-order valence-corrected chi connectivity index (χ4v) is 2.65. The highest BCUT2D eigenvalue weighted by Gasteiger charge is 2.30. The quantitative estimate of drug-likeness (QED) is 0.868. The lowest BCUT2D eigenvalue weighted by Crippen LogP contribution is -2.51. The van der Waals surface area contributed by atoms with E-state index in [0.29, 0.717) is 5.92 Å². The Hall–Kier alpha value is -1.35. The van der Waals surface area contributed by atoms with Gasteiger partial charge in [-0.15, -0.1) is 0 Å². The average Bonchev–Trinajstić information content (AvgIpc) is 2.38. The molecule has 1 aromatic carbocycles. The van der Waals surface area contributed by atoms with E-state index in [1.165, 1.54) is 6.42 Å². The Balaban J connectivity index is 2.16. The maximum absolute atomic E-state index is 12.5. The van der Waals surface area contributed by atoms with E-state index in [9.17, 15) is 4.79 Å². The molecule has 1 saturated heterocycles. The smallest absolute Gasteiger partial charge is 0.244 e. The van der Waals surface area contributed by atoms with E-state index < -0.39 is 0 Å². The summed E-state index contributed by atoms with van der Waals surface area (Å²) in [6, 6.07) is 7.98. The van der Waals surface area contributed by atoms with Gasteiger partial charge in [0.2, 0.25) is 5.91 Å². The minimum atomic E-state index is -0.0386. The van der Waals surface area contributed by atoms with Crippen LogP contribution in [0.15, 0.2) is 24.3 Å². The van der Waals surface area contributed by atoms with Crippen molar-refractivity contribution >= 4 is 11.6 Å². The van der Waals surface area contributed by atoms with Gasteiger partial charge in [0.25, 0.3) is 0 Å². The number of rotatable bonds is 2. The predicted molar refractivity (Wildman–Crippen MR) is 74.8 cm³/mol. The number of anilines is 1. The van der Waals surface area contributed by atoms with Crippen molar-refractivity contribution in [1.29, 1.82) is 0 Å². The standard InChI is InChI=1S/C15H22N2O/c1-11-7-4-5-9-13(11)17(3)15(18)14-12(2)8-6-10-16-14/h4-5,7,9,12,14,16H,6,8,10H2,1-3H3. The molecular weight excluding hydrogens is 224 g/mol. The molecule has 1 heterocycles. The van der Waals surface area contributed by atoms with Crippen molar-refractivity contribution in [3.63, 3.8) is 0 Å². The van der Waals surface area contributed by atoms with Crippen molar-refractivity contribution in [2.45, 2.75) is 32.7 Å². The molecule has 0 aromatic heterocycles. The molecule has 1 aromatic rings. The lowest BCUT2D eigenvalue weighted by atomic mass is 9.91. The normalized spacial score (nSPS) is 23.7. The van der Waals surface area contributed by atoms with Gasteiger partial charge in [-0.25, -0.2) is 0 Å². The molecule has 0 aliphatic carbocycles. The Labute approximate surface area is 109 Å². The van der Waals surface area contributed by atoms with Crippen molar-refractivity contribution in [2.24, 2.45) is 5.92 Å². The molecule has 0 saturated carbocycles. The van der Waals surface area contributed by atoms with E-state index in [2.05, 4.69) is 12.2 Å². The fraction of sp³-hybridized carbons (Fsp3) is 0.533. The molecule has 1 aliphatic rings. The van der Waals surface area contributed by atoms with Crippen LogP contribution in [-0.2, 0) is 4.79 Å². The summed E-state index contributed by atoms with van der Waals surface area (Å²) in [4.78, 5) is 14.3. The highest BCUT2D eigenvalue weighted by molar-refractivity contribution is 5.97. The van der Waals surface area contributed by atoms with Gasteiger partial charge < -0.3 is 10.2 Å². The van der Waals surface area contributed by atoms with Crippen LogP contribution in [0.25, 0.3) is 0 Å². The number of nitrogens with one attached hydrogen (secondary N) is 1. The average molecular weight is 246 g/mol. The molecule has 1 N–H and O–H groups in total. The number of carbonyl (C=O) groups excluding carboxylic acids is 1. The Morgan fingerprint density at radius 1 is 1.39 bits per heavy atom. The zero-order chi connectivity index (χ0) is 13.1. The van der Waals surface area contributed by atoms with E-state index >= 15 is 0 Å². The van der Waals surface area contributed by atoms with Crippen molar-refractivity contribution in [2.75, 3.05) is 18.5 Å². The Bertz CT molecular complexity index is 430. The number of hydrogen-bond acceptors (Lipinski definition) is 2. The summed E-state index contributed by atoms with van der Waals surface area (Å²) in [6.45, 7) is 5.14. The number of hydrogen-bond donors (Lipinski definition) is 1. The van der Waals surface area contributed by atoms with Crippen LogP contribution in [-0.4, -0.2) is 25.5 Å². The molecular formula is C15H22N2O. The molecule has 0 spiro atoms. The SMILES string of the molecule is Cc1ccccc1N(C)C(=O)C1NCCCC1C.